The molecular weight excluding hydrogens is 236 g/mol. The number of rotatable bonds is 10. The Balaban J connectivity index is 5.18. The van der Waals surface area contributed by atoms with Gasteiger partial charge in [0, 0.05) is 20.1 Å². The Morgan fingerprint density at radius 3 is 2.06 bits per heavy atom. The third-order valence-corrected chi connectivity index (χ3v) is 2.55. The van der Waals surface area contributed by atoms with Crippen molar-refractivity contribution in [1.82, 2.24) is 0 Å². The standard InChI is InChI=1S/C13H28O5/c1-7-10-17-13(14,18-11(4)5)12(8-2,15-6)16-9-3/h11,14H,7-10H2,1-6H3. The largest absolute Gasteiger partial charge is 0.347 e. The molecule has 0 bridgehead atoms. The quantitative estimate of drug-likeness (QED) is 0.613. The fraction of sp³-hybridized carbons (Fsp3) is 1.00. The second-order valence-corrected chi connectivity index (χ2v) is 4.34. The molecule has 18 heavy (non-hydrogen) atoms. The molecule has 0 aromatic heterocycles. The predicted octanol–water partition coefficient (Wildman–Crippen LogP) is 2.27. The highest BCUT2D eigenvalue weighted by atomic mass is 16.9. The van der Waals surface area contributed by atoms with Gasteiger partial charge in [0.25, 0.3) is 5.79 Å². The van der Waals surface area contributed by atoms with Crippen molar-refractivity contribution < 1.29 is 24.1 Å². The first-order valence-corrected chi connectivity index (χ1v) is 6.64. The molecule has 5 nitrogen and oxygen atoms in total. The van der Waals surface area contributed by atoms with Crippen LogP contribution in [0.3, 0.4) is 0 Å². The van der Waals surface area contributed by atoms with Gasteiger partial charge >= 0.3 is 5.97 Å². The lowest BCUT2D eigenvalue weighted by molar-refractivity contribution is -0.490. The molecule has 0 rings (SSSR count). The number of methoxy groups -OCH3 is 1. The minimum Gasteiger partial charge on any atom is -0.347 e. The summed E-state index contributed by atoms with van der Waals surface area (Å²) in [7, 11) is 1.48. The molecular formula is C13H28O5. The Labute approximate surface area is 110 Å². The van der Waals surface area contributed by atoms with Crippen LogP contribution in [-0.4, -0.2) is 43.3 Å². The summed E-state index contributed by atoms with van der Waals surface area (Å²) in [5.41, 5.74) is 0. The van der Waals surface area contributed by atoms with Gasteiger partial charge in [-0.15, -0.1) is 0 Å². The average molecular weight is 264 g/mol. The summed E-state index contributed by atoms with van der Waals surface area (Å²) in [6, 6.07) is 0. The van der Waals surface area contributed by atoms with Gasteiger partial charge in [-0.25, -0.2) is 0 Å². The van der Waals surface area contributed by atoms with Crippen LogP contribution in [0.15, 0.2) is 0 Å². The maximum atomic E-state index is 10.7. The van der Waals surface area contributed by atoms with Gasteiger partial charge in [-0.1, -0.05) is 13.8 Å². The zero-order valence-electron chi connectivity index (χ0n) is 12.5. The number of ether oxygens (including phenoxy) is 4. The van der Waals surface area contributed by atoms with Crippen molar-refractivity contribution in [3.8, 4) is 0 Å². The molecule has 2 unspecified atom stereocenters. The van der Waals surface area contributed by atoms with Gasteiger partial charge in [0.2, 0.25) is 0 Å². The molecule has 0 amide bonds. The summed E-state index contributed by atoms with van der Waals surface area (Å²) in [6.07, 6.45) is 0.956. The van der Waals surface area contributed by atoms with Crippen molar-refractivity contribution in [3.05, 3.63) is 0 Å². The molecule has 0 aromatic carbocycles. The second kappa shape index (κ2) is 8.07. The van der Waals surface area contributed by atoms with Crippen LogP contribution in [0.2, 0.25) is 0 Å². The van der Waals surface area contributed by atoms with Gasteiger partial charge < -0.3 is 24.1 Å². The van der Waals surface area contributed by atoms with E-state index < -0.39 is 11.8 Å². The molecule has 0 aliphatic rings. The van der Waals surface area contributed by atoms with Crippen LogP contribution in [0, 0.1) is 0 Å². The highest BCUT2D eigenvalue weighted by Crippen LogP contribution is 2.34. The maximum absolute atomic E-state index is 10.7. The van der Waals surface area contributed by atoms with Crippen LogP contribution in [0.4, 0.5) is 0 Å². The van der Waals surface area contributed by atoms with Crippen molar-refractivity contribution in [2.75, 3.05) is 20.3 Å². The summed E-state index contributed by atoms with van der Waals surface area (Å²) < 4.78 is 21.9. The first-order chi connectivity index (χ1) is 8.41. The Morgan fingerprint density at radius 2 is 1.72 bits per heavy atom. The predicted molar refractivity (Wildman–Crippen MR) is 69.1 cm³/mol. The molecule has 0 aliphatic heterocycles. The molecule has 0 fully saturated rings. The maximum Gasteiger partial charge on any atom is 0.338 e. The van der Waals surface area contributed by atoms with Crippen molar-refractivity contribution >= 4 is 0 Å². The fourth-order valence-corrected chi connectivity index (χ4v) is 1.78. The Morgan fingerprint density at radius 1 is 1.11 bits per heavy atom. The van der Waals surface area contributed by atoms with Crippen molar-refractivity contribution in [2.24, 2.45) is 0 Å². The highest BCUT2D eigenvalue weighted by Gasteiger charge is 2.55. The minimum absolute atomic E-state index is 0.214. The lowest BCUT2D eigenvalue weighted by Gasteiger charge is -2.44. The van der Waals surface area contributed by atoms with E-state index >= 15 is 0 Å². The summed E-state index contributed by atoms with van der Waals surface area (Å²) in [4.78, 5) is 0. The van der Waals surface area contributed by atoms with Crippen LogP contribution in [0.1, 0.15) is 47.5 Å². The molecule has 0 radical (unpaired) electrons. The molecule has 2 atom stereocenters. The molecule has 0 spiro atoms. The molecule has 0 heterocycles. The van der Waals surface area contributed by atoms with E-state index in [1.807, 2.05) is 34.6 Å². The Hall–Kier alpha value is -0.200. The van der Waals surface area contributed by atoms with Crippen molar-refractivity contribution in [1.29, 1.82) is 0 Å². The normalized spacial score (nSPS) is 18.7. The van der Waals surface area contributed by atoms with E-state index in [0.717, 1.165) is 6.42 Å². The Kier molecular flexibility index (Phi) is 7.98. The van der Waals surface area contributed by atoms with E-state index in [1.54, 1.807) is 0 Å². The van der Waals surface area contributed by atoms with Gasteiger partial charge in [0.15, 0.2) is 0 Å². The molecule has 5 heteroatoms. The molecule has 0 aromatic rings. The fourth-order valence-electron chi connectivity index (χ4n) is 1.78. The molecule has 1 N–H and O–H groups in total. The van der Waals surface area contributed by atoms with E-state index in [1.165, 1.54) is 7.11 Å². The van der Waals surface area contributed by atoms with Crippen LogP contribution < -0.4 is 0 Å². The zero-order valence-corrected chi connectivity index (χ0v) is 12.5. The van der Waals surface area contributed by atoms with E-state index in [-0.39, 0.29) is 6.10 Å². The number of hydrogen-bond donors (Lipinski definition) is 1. The third-order valence-electron chi connectivity index (χ3n) is 2.55. The van der Waals surface area contributed by atoms with Gasteiger partial charge in [0.05, 0.1) is 12.7 Å². The summed E-state index contributed by atoms with van der Waals surface area (Å²) in [6.45, 7) is 10.0. The summed E-state index contributed by atoms with van der Waals surface area (Å²) in [5.74, 6) is -3.22. The first kappa shape index (κ1) is 17.8. The third kappa shape index (κ3) is 4.17. The van der Waals surface area contributed by atoms with E-state index in [4.69, 9.17) is 18.9 Å². The molecule has 110 valence electrons. The summed E-state index contributed by atoms with van der Waals surface area (Å²) in [5, 5.41) is 10.7. The van der Waals surface area contributed by atoms with Crippen molar-refractivity contribution in [3.63, 3.8) is 0 Å². The first-order valence-electron chi connectivity index (χ1n) is 6.64. The van der Waals surface area contributed by atoms with Gasteiger partial charge in [0.1, 0.15) is 0 Å². The zero-order chi connectivity index (χ0) is 14.2. The van der Waals surface area contributed by atoms with E-state index in [9.17, 15) is 5.11 Å². The molecule has 0 saturated carbocycles. The highest BCUT2D eigenvalue weighted by molar-refractivity contribution is 4.80. The monoisotopic (exact) mass is 264 g/mol. The average Bonchev–Trinajstić information content (AvgIpc) is 2.32. The van der Waals surface area contributed by atoms with Gasteiger partial charge in [-0.2, -0.15) is 0 Å². The topological polar surface area (TPSA) is 57.2 Å². The van der Waals surface area contributed by atoms with Crippen molar-refractivity contribution in [2.45, 2.75) is 65.3 Å². The van der Waals surface area contributed by atoms with Gasteiger partial charge in [-0.3, -0.25) is 0 Å². The Bertz CT molecular complexity index is 215. The van der Waals surface area contributed by atoms with Crippen LogP contribution in [-0.2, 0) is 18.9 Å². The number of hydrogen-bond acceptors (Lipinski definition) is 5. The minimum atomic E-state index is -1.91. The molecule has 0 saturated heterocycles. The van der Waals surface area contributed by atoms with Crippen LogP contribution in [0.25, 0.3) is 0 Å². The van der Waals surface area contributed by atoms with Gasteiger partial charge in [-0.05, 0) is 27.2 Å². The SMILES string of the molecule is CCCOC(O)(OC(C)C)C(CC)(OC)OCC. The lowest BCUT2D eigenvalue weighted by atomic mass is 10.1. The van der Waals surface area contributed by atoms with Crippen LogP contribution >= 0.6 is 0 Å². The summed E-state index contributed by atoms with van der Waals surface area (Å²) >= 11 is 0. The second-order valence-electron chi connectivity index (χ2n) is 4.34. The smallest absolute Gasteiger partial charge is 0.338 e. The van der Waals surface area contributed by atoms with E-state index in [2.05, 4.69) is 0 Å². The van der Waals surface area contributed by atoms with E-state index in [0.29, 0.717) is 19.6 Å². The lowest BCUT2D eigenvalue weighted by Crippen LogP contribution is -2.61. The molecule has 0 aliphatic carbocycles. The van der Waals surface area contributed by atoms with Crippen LogP contribution in [0.5, 0.6) is 0 Å². The number of aliphatic hydroxyl groups is 1.